The number of carboxylic acid groups (broad SMARTS) is 2. The van der Waals surface area contributed by atoms with Crippen molar-refractivity contribution in [3.05, 3.63) is 78.5 Å². The zero-order valence-electron chi connectivity index (χ0n) is 41.1. The Kier molecular flexibility index (Phi) is 17.1. The quantitative estimate of drug-likeness (QED) is 0.0453. The predicted octanol–water partition coefficient (Wildman–Crippen LogP) is 5.00. The first-order chi connectivity index (χ1) is 35.9. The summed E-state index contributed by atoms with van der Waals surface area (Å²) in [6.45, 7) is 3.98. The molecular weight excluding hydrogens is 984 g/mol. The van der Waals surface area contributed by atoms with Crippen LogP contribution in [-0.4, -0.2) is 131 Å². The van der Waals surface area contributed by atoms with Gasteiger partial charge in [0, 0.05) is 73.8 Å². The van der Waals surface area contributed by atoms with E-state index in [0.717, 1.165) is 87.2 Å². The van der Waals surface area contributed by atoms with Crippen LogP contribution < -0.4 is 52.0 Å². The number of piperidine rings is 1. The number of nitrogen functional groups attached to an aromatic ring is 1. The molecule has 402 valence electrons. The molecule has 5 heterocycles. The molecule has 4 amide bonds. The molecule has 2 aromatic carbocycles. The van der Waals surface area contributed by atoms with Crippen molar-refractivity contribution in [2.24, 2.45) is 11.1 Å². The fourth-order valence-corrected chi connectivity index (χ4v) is 10.1. The van der Waals surface area contributed by atoms with Gasteiger partial charge in [0.05, 0.1) is 23.6 Å². The number of carboxylic acids is 2. The summed E-state index contributed by atoms with van der Waals surface area (Å²) in [7, 11) is 0. The van der Waals surface area contributed by atoms with E-state index in [9.17, 15) is 37.5 Å². The van der Waals surface area contributed by atoms with Crippen molar-refractivity contribution in [3.8, 4) is 22.9 Å². The number of nitrogens with one attached hydrogen (secondary N) is 4. The van der Waals surface area contributed by atoms with E-state index in [1.54, 1.807) is 12.1 Å². The van der Waals surface area contributed by atoms with E-state index in [-0.39, 0.29) is 56.7 Å². The third kappa shape index (κ3) is 13.4. The van der Waals surface area contributed by atoms with Gasteiger partial charge in [0.25, 0.3) is 0 Å². The molecule has 0 radical (unpaired) electrons. The molecule has 2 unspecified atom stereocenters. The average Bonchev–Trinajstić information content (AvgIpc) is 3.64. The summed E-state index contributed by atoms with van der Waals surface area (Å²) in [5.41, 5.74) is 14.8. The Morgan fingerprint density at radius 3 is 2.23 bits per heavy atom. The van der Waals surface area contributed by atoms with Crippen molar-refractivity contribution in [1.29, 1.82) is 0 Å². The van der Waals surface area contributed by atoms with Gasteiger partial charge in [0.15, 0.2) is 5.82 Å². The molecule has 3 atom stereocenters. The molecule has 10 N–H and O–H groups in total. The van der Waals surface area contributed by atoms with Crippen molar-refractivity contribution < 1.29 is 61.6 Å². The summed E-state index contributed by atoms with van der Waals surface area (Å²) in [4.78, 5) is 68.0. The molecule has 75 heavy (non-hydrogen) atoms. The van der Waals surface area contributed by atoms with Crippen LogP contribution in [0.25, 0.3) is 11.3 Å². The van der Waals surface area contributed by atoms with Gasteiger partial charge < -0.3 is 67.0 Å². The number of amides is 4. The first kappa shape index (κ1) is 53.8. The minimum absolute atomic E-state index is 0.119. The number of pyridine rings is 1. The summed E-state index contributed by atoms with van der Waals surface area (Å²) in [6, 6.07) is 19.7. The van der Waals surface area contributed by atoms with Gasteiger partial charge in [-0.3, -0.25) is 14.4 Å². The molecule has 0 spiro atoms. The van der Waals surface area contributed by atoms with Crippen molar-refractivity contribution in [3.63, 3.8) is 0 Å². The summed E-state index contributed by atoms with van der Waals surface area (Å²) in [5, 5.41) is 37.1. The number of nitrogens with zero attached hydrogens (tertiary/aromatic N) is 5. The van der Waals surface area contributed by atoms with Crippen LogP contribution in [0, 0.1) is 5.41 Å². The Labute approximate surface area is 430 Å². The Bertz CT molecular complexity index is 2650. The highest BCUT2D eigenvalue weighted by Crippen LogP contribution is 2.42. The molecular formula is C51H62F3N11O10. The number of hydrogen-bond acceptors (Lipinski definition) is 15. The van der Waals surface area contributed by atoms with Gasteiger partial charge in [-0.1, -0.05) is 30.7 Å². The maximum Gasteiger partial charge on any atom is 0.490 e. The number of carbonyl (C=O) groups is 5. The standard InChI is InChI=1S/C49H61N11O8.C2HF3O2/c50-44-41(59-27-33-12-13-34(28-59)60(33)32-14-22-53-43(23-32)68-37-24-36(25-37)67-35-15-20-52-21-16-35)26-40(57-58-44)38-5-1-2-7-42(38)66-29-30-8-10-31(11-9-30)55-45(61)39(6-3-19-54-48(51)65)56-46(62)49(47(63)64)17-4-18-49;3-2(4,5)1(6)7/h1-2,5,7-11,14,22-23,26,33-37,39,52H,3-4,6,12-13,15-21,24-25,27-29H2,(H2,50,58)(H,55,61)(H,56,62)(H,63,64)(H3,51,54,65);(H,6,7)/t33?,34?,36?,37?,39-;/m0./s1. The maximum atomic E-state index is 13.5. The normalized spacial score (nSPS) is 21.2. The molecule has 24 heteroatoms. The second-order valence-corrected chi connectivity index (χ2v) is 19.4. The van der Waals surface area contributed by atoms with E-state index >= 15 is 0 Å². The Morgan fingerprint density at radius 1 is 0.893 bits per heavy atom. The average molecular weight is 1050 g/mol. The number of fused-ring (bicyclic) bond motifs is 2. The monoisotopic (exact) mass is 1050 g/mol. The van der Waals surface area contributed by atoms with E-state index in [2.05, 4.69) is 58.4 Å². The fraction of sp³-hybridized carbons (Fsp3) is 0.490. The number of urea groups is 1. The Morgan fingerprint density at radius 2 is 1.59 bits per heavy atom. The number of benzene rings is 2. The van der Waals surface area contributed by atoms with Crippen LogP contribution >= 0.6 is 0 Å². The fourth-order valence-electron chi connectivity index (χ4n) is 10.1. The second-order valence-electron chi connectivity index (χ2n) is 19.4. The van der Waals surface area contributed by atoms with Gasteiger partial charge in [-0.2, -0.15) is 13.2 Å². The number of carbonyl (C=O) groups excluding carboxylic acids is 3. The van der Waals surface area contributed by atoms with Gasteiger partial charge in [-0.25, -0.2) is 14.6 Å². The molecule has 4 aromatic rings. The van der Waals surface area contributed by atoms with Crippen LogP contribution in [0.15, 0.2) is 72.9 Å². The van der Waals surface area contributed by atoms with Gasteiger partial charge in [0.1, 0.15) is 29.9 Å². The van der Waals surface area contributed by atoms with Gasteiger partial charge >= 0.3 is 24.1 Å². The van der Waals surface area contributed by atoms with E-state index in [1.807, 2.05) is 48.7 Å². The number of para-hydroxylation sites is 1. The molecule has 2 bridgehead atoms. The summed E-state index contributed by atoms with van der Waals surface area (Å²) >= 11 is 0. The highest BCUT2D eigenvalue weighted by atomic mass is 19.4. The lowest BCUT2D eigenvalue weighted by atomic mass is 9.68. The number of nitrogens with two attached hydrogens (primary N) is 2. The number of ether oxygens (including phenoxy) is 3. The minimum Gasteiger partial charge on any atom is -0.488 e. The minimum atomic E-state index is -5.08. The number of primary amides is 1. The molecule has 2 aliphatic carbocycles. The highest BCUT2D eigenvalue weighted by Gasteiger charge is 2.52. The zero-order valence-corrected chi connectivity index (χ0v) is 41.1. The molecule has 2 aromatic heterocycles. The predicted molar refractivity (Wildman–Crippen MR) is 268 cm³/mol. The number of aromatic nitrogens is 3. The third-order valence-corrected chi connectivity index (χ3v) is 14.3. The van der Waals surface area contributed by atoms with Crippen LogP contribution in [0.5, 0.6) is 11.6 Å². The molecule has 21 nitrogen and oxygen atoms in total. The molecule has 2 saturated carbocycles. The van der Waals surface area contributed by atoms with E-state index in [4.69, 9.17) is 35.6 Å². The first-order valence-corrected chi connectivity index (χ1v) is 25.1. The van der Waals surface area contributed by atoms with E-state index in [1.165, 1.54) is 0 Å². The van der Waals surface area contributed by atoms with Crippen LogP contribution in [0.4, 0.5) is 40.8 Å². The van der Waals surface area contributed by atoms with Gasteiger partial charge in [-0.05, 0) is 106 Å². The Hall–Kier alpha value is -7.47. The van der Waals surface area contributed by atoms with E-state index < -0.39 is 47.4 Å². The number of aliphatic carboxylic acids is 2. The zero-order chi connectivity index (χ0) is 53.3. The molecule has 3 saturated heterocycles. The summed E-state index contributed by atoms with van der Waals surface area (Å²) in [5.74, 6) is -3.55. The van der Waals surface area contributed by atoms with Gasteiger partial charge in [0.2, 0.25) is 17.7 Å². The number of hydrogen-bond donors (Lipinski definition) is 8. The smallest absolute Gasteiger partial charge is 0.488 e. The SMILES string of the molecule is NC(=O)NCCC[C@H](NC(=O)C1(C(=O)O)CCC1)C(=O)Nc1ccc(COc2ccccc2-c2cc(N3CC4CCC(C3)N4c3ccnc(OC4CC(OC5CCNCC5)C4)c3)c(N)nn2)cc1.O=C(O)C(F)(F)F. The number of halogens is 3. The van der Waals surface area contributed by atoms with Crippen LogP contribution in [0.3, 0.4) is 0 Å². The largest absolute Gasteiger partial charge is 0.490 e. The number of rotatable bonds is 19. The number of alkyl halides is 3. The second kappa shape index (κ2) is 23.8. The van der Waals surface area contributed by atoms with Crippen molar-refractivity contribution in [2.45, 2.75) is 120 Å². The van der Waals surface area contributed by atoms with Crippen LogP contribution in [0.1, 0.15) is 76.2 Å². The maximum absolute atomic E-state index is 13.5. The first-order valence-electron chi connectivity index (χ1n) is 25.1. The van der Waals surface area contributed by atoms with Gasteiger partial charge in [-0.15, -0.1) is 10.2 Å². The van der Waals surface area contributed by atoms with Crippen LogP contribution in [0.2, 0.25) is 0 Å². The molecule has 5 fully saturated rings. The lowest BCUT2D eigenvalue weighted by molar-refractivity contribution is -0.192. The molecule has 3 aliphatic heterocycles. The Balaban J connectivity index is 0.000000997. The van der Waals surface area contributed by atoms with Crippen molar-refractivity contribution in [2.75, 3.05) is 53.6 Å². The third-order valence-electron chi connectivity index (χ3n) is 14.3. The summed E-state index contributed by atoms with van der Waals surface area (Å²) in [6.07, 6.45) is 5.02. The number of piperazine rings is 1. The molecule has 5 aliphatic rings. The van der Waals surface area contributed by atoms with Crippen molar-refractivity contribution in [1.82, 2.24) is 31.1 Å². The topological polar surface area (TPSA) is 299 Å². The highest BCUT2D eigenvalue weighted by molar-refractivity contribution is 6.05. The molecule has 9 rings (SSSR count). The summed E-state index contributed by atoms with van der Waals surface area (Å²) < 4.78 is 50.7. The number of anilines is 4. The van der Waals surface area contributed by atoms with Crippen LogP contribution in [-0.2, 0) is 30.5 Å². The lowest BCUT2D eigenvalue weighted by Crippen LogP contribution is -2.55. The lowest BCUT2D eigenvalue weighted by Gasteiger charge is -2.43. The van der Waals surface area contributed by atoms with E-state index in [0.29, 0.717) is 47.8 Å². The van der Waals surface area contributed by atoms with Crippen molar-refractivity contribution >= 4 is 52.7 Å².